The highest BCUT2D eigenvalue weighted by Crippen LogP contribution is 2.25. The van der Waals surface area contributed by atoms with E-state index in [2.05, 4.69) is 10.5 Å². The number of carbonyl (C=O) groups is 1. The summed E-state index contributed by atoms with van der Waals surface area (Å²) >= 11 is 0. The monoisotopic (exact) mass is 375 g/mol. The Labute approximate surface area is 153 Å². The van der Waals surface area contributed by atoms with E-state index in [9.17, 15) is 13.2 Å². The highest BCUT2D eigenvalue weighted by atomic mass is 32.2. The third-order valence-electron chi connectivity index (χ3n) is 3.38. The lowest BCUT2D eigenvalue weighted by atomic mass is 10.3. The van der Waals surface area contributed by atoms with Crippen LogP contribution >= 0.6 is 0 Å². The van der Waals surface area contributed by atoms with Crippen molar-refractivity contribution in [1.82, 2.24) is 5.43 Å². The number of benzene rings is 2. The molecule has 0 spiro atoms. The number of anilines is 1. The Balaban J connectivity index is 2.40. The number of carbonyl (C=O) groups excluding carboxylic acids is 1. The fourth-order valence-corrected chi connectivity index (χ4v) is 3.57. The summed E-state index contributed by atoms with van der Waals surface area (Å²) in [6.07, 6.45) is 0. The Kier molecular flexibility index (Phi) is 6.35. The molecule has 0 fully saturated rings. The number of hydrogen-bond acceptors (Lipinski definition) is 5. The van der Waals surface area contributed by atoms with Crippen molar-refractivity contribution in [2.45, 2.75) is 18.7 Å². The topological polar surface area (TPSA) is 88.1 Å². The van der Waals surface area contributed by atoms with Gasteiger partial charge in [-0.1, -0.05) is 18.2 Å². The Bertz CT molecular complexity index is 874. The van der Waals surface area contributed by atoms with Crippen molar-refractivity contribution >= 4 is 27.3 Å². The van der Waals surface area contributed by atoms with Gasteiger partial charge in [-0.25, -0.2) is 13.8 Å². The second kappa shape index (κ2) is 8.48. The van der Waals surface area contributed by atoms with Crippen LogP contribution in [0.15, 0.2) is 64.6 Å². The summed E-state index contributed by atoms with van der Waals surface area (Å²) in [4.78, 5) is 12.3. The molecule has 0 aromatic heterocycles. The molecule has 2 aromatic rings. The van der Waals surface area contributed by atoms with Crippen LogP contribution in [0.4, 0.5) is 5.69 Å². The Morgan fingerprint density at radius 3 is 2.23 bits per heavy atom. The Morgan fingerprint density at radius 1 is 1.08 bits per heavy atom. The molecule has 2 rings (SSSR count). The molecule has 0 atom stereocenters. The molecule has 0 unspecified atom stereocenters. The number of nitrogens with one attached hydrogen (secondary N) is 1. The summed E-state index contributed by atoms with van der Waals surface area (Å²) < 4.78 is 32.2. The lowest BCUT2D eigenvalue weighted by molar-refractivity contribution is -0.119. The average Bonchev–Trinajstić information content (AvgIpc) is 2.65. The zero-order valence-corrected chi connectivity index (χ0v) is 15.7. The molecular formula is C18H21N3O4S. The van der Waals surface area contributed by atoms with Crippen LogP contribution in [-0.4, -0.2) is 33.7 Å². The van der Waals surface area contributed by atoms with Gasteiger partial charge in [0.05, 0.1) is 17.7 Å². The summed E-state index contributed by atoms with van der Waals surface area (Å²) in [5.74, 6) is 0.0444. The normalized spacial score (nSPS) is 10.7. The van der Waals surface area contributed by atoms with Crippen molar-refractivity contribution < 1.29 is 17.9 Å². The number of rotatable bonds is 7. The minimum absolute atomic E-state index is 0.0961. The van der Waals surface area contributed by atoms with Gasteiger partial charge in [0.1, 0.15) is 12.3 Å². The number of methoxy groups -OCH3 is 1. The molecule has 0 aliphatic rings. The van der Waals surface area contributed by atoms with Crippen LogP contribution in [0.5, 0.6) is 5.75 Å². The van der Waals surface area contributed by atoms with Crippen LogP contribution in [0.1, 0.15) is 13.8 Å². The summed E-state index contributed by atoms with van der Waals surface area (Å²) in [5.41, 5.74) is 3.35. The lowest BCUT2D eigenvalue weighted by Gasteiger charge is -2.23. The first-order chi connectivity index (χ1) is 12.3. The second-order valence-corrected chi connectivity index (χ2v) is 7.48. The molecule has 0 bridgehead atoms. The molecule has 2 aromatic carbocycles. The fraction of sp³-hybridized carbons (Fsp3) is 0.222. The van der Waals surface area contributed by atoms with Crippen LogP contribution in [0.3, 0.4) is 0 Å². The molecule has 0 saturated carbocycles. The third-order valence-corrected chi connectivity index (χ3v) is 5.17. The van der Waals surface area contributed by atoms with Gasteiger partial charge in [-0.15, -0.1) is 0 Å². The van der Waals surface area contributed by atoms with Crippen molar-refractivity contribution in [1.29, 1.82) is 0 Å². The first kappa shape index (κ1) is 19.5. The molecule has 7 nitrogen and oxygen atoms in total. The second-order valence-electron chi connectivity index (χ2n) is 5.62. The maximum Gasteiger partial charge on any atom is 0.264 e. The van der Waals surface area contributed by atoms with E-state index in [1.54, 1.807) is 56.3 Å². The molecule has 1 N–H and O–H groups in total. The first-order valence-corrected chi connectivity index (χ1v) is 9.30. The van der Waals surface area contributed by atoms with Gasteiger partial charge in [0.2, 0.25) is 0 Å². The van der Waals surface area contributed by atoms with Crippen molar-refractivity contribution in [2.24, 2.45) is 5.10 Å². The van der Waals surface area contributed by atoms with E-state index in [1.807, 2.05) is 0 Å². The van der Waals surface area contributed by atoms with Crippen LogP contribution in [0, 0.1) is 0 Å². The molecule has 0 aliphatic carbocycles. The van der Waals surface area contributed by atoms with Crippen molar-refractivity contribution in [3.63, 3.8) is 0 Å². The molecule has 0 saturated heterocycles. The van der Waals surface area contributed by atoms with Crippen LogP contribution in [0.25, 0.3) is 0 Å². The lowest BCUT2D eigenvalue weighted by Crippen LogP contribution is -2.39. The van der Waals surface area contributed by atoms with Crippen molar-refractivity contribution in [2.75, 3.05) is 18.0 Å². The zero-order valence-electron chi connectivity index (χ0n) is 14.8. The van der Waals surface area contributed by atoms with E-state index in [-0.39, 0.29) is 4.90 Å². The predicted molar refractivity (Wildman–Crippen MR) is 101 cm³/mol. The molecule has 0 aliphatic heterocycles. The summed E-state index contributed by atoms with van der Waals surface area (Å²) in [6, 6.07) is 14.4. The molecule has 138 valence electrons. The van der Waals surface area contributed by atoms with E-state index in [4.69, 9.17) is 4.74 Å². The van der Waals surface area contributed by atoms with Crippen LogP contribution < -0.4 is 14.5 Å². The molecule has 0 heterocycles. The van der Waals surface area contributed by atoms with Crippen LogP contribution in [0.2, 0.25) is 0 Å². The zero-order chi connectivity index (χ0) is 19.2. The van der Waals surface area contributed by atoms with Gasteiger partial charge >= 0.3 is 0 Å². The molecule has 8 heteroatoms. The van der Waals surface area contributed by atoms with Gasteiger partial charge in [-0.2, -0.15) is 5.10 Å². The quantitative estimate of drug-likeness (QED) is 0.595. The van der Waals surface area contributed by atoms with Gasteiger partial charge in [-0.05, 0) is 50.2 Å². The molecular weight excluding hydrogens is 354 g/mol. The highest BCUT2D eigenvalue weighted by Gasteiger charge is 2.27. The van der Waals surface area contributed by atoms with Gasteiger partial charge in [0, 0.05) is 5.71 Å². The summed E-state index contributed by atoms with van der Waals surface area (Å²) in [5, 5.41) is 3.83. The number of nitrogens with zero attached hydrogens (tertiary/aromatic N) is 2. The molecule has 26 heavy (non-hydrogen) atoms. The third kappa shape index (κ3) is 4.82. The maximum absolute atomic E-state index is 13.0. The van der Waals surface area contributed by atoms with Crippen molar-refractivity contribution in [3.8, 4) is 5.75 Å². The van der Waals surface area contributed by atoms with E-state index in [1.165, 1.54) is 19.2 Å². The number of hydrazone groups is 1. The van der Waals surface area contributed by atoms with Gasteiger partial charge in [0.15, 0.2) is 0 Å². The number of ether oxygens (including phenoxy) is 1. The SMILES string of the molecule is COc1ccc(N(CC(=O)NN=C(C)C)S(=O)(=O)c2ccccc2)cc1. The average molecular weight is 375 g/mol. The van der Waals surface area contributed by atoms with E-state index < -0.39 is 22.5 Å². The molecule has 0 radical (unpaired) electrons. The van der Waals surface area contributed by atoms with E-state index in [0.29, 0.717) is 17.1 Å². The summed E-state index contributed by atoms with van der Waals surface area (Å²) in [7, 11) is -2.40. The van der Waals surface area contributed by atoms with Gasteiger partial charge in [-0.3, -0.25) is 9.10 Å². The Morgan fingerprint density at radius 2 is 1.69 bits per heavy atom. The predicted octanol–water partition coefficient (Wildman–Crippen LogP) is 2.40. The minimum Gasteiger partial charge on any atom is -0.497 e. The van der Waals surface area contributed by atoms with Crippen molar-refractivity contribution in [3.05, 3.63) is 54.6 Å². The smallest absolute Gasteiger partial charge is 0.264 e. The summed E-state index contributed by atoms with van der Waals surface area (Å²) in [6.45, 7) is 3.05. The maximum atomic E-state index is 13.0. The number of sulfonamides is 1. The standard InChI is InChI=1S/C18H21N3O4S/c1-14(2)19-20-18(22)13-21(15-9-11-16(25-3)12-10-15)26(23,24)17-7-5-4-6-8-17/h4-12H,13H2,1-3H3,(H,20,22). The number of hydrogen-bond donors (Lipinski definition) is 1. The van der Waals surface area contributed by atoms with E-state index in [0.717, 1.165) is 4.31 Å². The fourth-order valence-electron chi connectivity index (χ4n) is 2.12. The Hall–Kier alpha value is -2.87. The van der Waals surface area contributed by atoms with Crippen LogP contribution in [-0.2, 0) is 14.8 Å². The van der Waals surface area contributed by atoms with Gasteiger partial charge < -0.3 is 4.74 Å². The van der Waals surface area contributed by atoms with Gasteiger partial charge in [0.25, 0.3) is 15.9 Å². The van der Waals surface area contributed by atoms with E-state index >= 15 is 0 Å². The first-order valence-electron chi connectivity index (χ1n) is 7.86. The minimum atomic E-state index is -3.92. The highest BCUT2D eigenvalue weighted by molar-refractivity contribution is 7.92. The largest absolute Gasteiger partial charge is 0.497 e. The number of amides is 1. The molecule has 1 amide bonds.